The van der Waals surface area contributed by atoms with Gasteiger partial charge in [-0.2, -0.15) is 4.37 Å². The number of nitrogens with two attached hydrogens (primary N) is 2. The van der Waals surface area contributed by atoms with Crippen LogP contribution in [-0.2, 0) is 4.79 Å². The second-order valence-electron chi connectivity index (χ2n) is 9.05. The molecule has 37 heavy (non-hydrogen) atoms. The van der Waals surface area contributed by atoms with Crippen LogP contribution in [0.1, 0.15) is 69.9 Å². The van der Waals surface area contributed by atoms with E-state index in [9.17, 15) is 14.4 Å². The van der Waals surface area contributed by atoms with Crippen molar-refractivity contribution in [2.45, 2.75) is 51.6 Å². The molecule has 0 bridgehead atoms. The van der Waals surface area contributed by atoms with Gasteiger partial charge >= 0.3 is 0 Å². The number of benzene rings is 2. The maximum atomic E-state index is 14.1. The van der Waals surface area contributed by atoms with E-state index in [-0.39, 0.29) is 28.2 Å². The first-order valence-electron chi connectivity index (χ1n) is 12.3. The number of anilines is 2. The quantitative estimate of drug-likeness (QED) is 0.389. The van der Waals surface area contributed by atoms with Gasteiger partial charge in [0, 0.05) is 11.7 Å². The van der Waals surface area contributed by atoms with Crippen molar-refractivity contribution in [3.63, 3.8) is 0 Å². The number of aryl methyl sites for hydroxylation is 1. The molecule has 3 aromatic rings. The molecule has 5 N–H and O–H groups in total. The summed E-state index contributed by atoms with van der Waals surface area (Å²) in [5, 5.41) is 3.14. The topological polar surface area (TPSA) is 141 Å². The predicted molar refractivity (Wildman–Crippen MR) is 144 cm³/mol. The largest absolute Gasteiger partial charge is 0.494 e. The number of carbonyl (C=O) groups excluding carboxylic acids is 3. The Morgan fingerprint density at radius 3 is 2.46 bits per heavy atom. The molecular formula is C27H31N5O4S. The molecule has 194 valence electrons. The molecule has 1 unspecified atom stereocenters. The lowest BCUT2D eigenvalue weighted by Gasteiger charge is -2.32. The number of nitrogens with one attached hydrogen (secondary N) is 1. The summed E-state index contributed by atoms with van der Waals surface area (Å²) in [7, 11) is 0. The van der Waals surface area contributed by atoms with Gasteiger partial charge in [-0.15, -0.1) is 0 Å². The summed E-state index contributed by atoms with van der Waals surface area (Å²) in [6, 6.07) is 13.5. The number of hydrogen-bond donors (Lipinski definition) is 3. The highest BCUT2D eigenvalue weighted by molar-refractivity contribution is 7.09. The molecule has 0 saturated heterocycles. The van der Waals surface area contributed by atoms with Crippen LogP contribution >= 0.6 is 11.5 Å². The highest BCUT2D eigenvalue weighted by Crippen LogP contribution is 2.34. The molecule has 1 saturated carbocycles. The number of primary amides is 1. The Bertz CT molecular complexity index is 1280. The van der Waals surface area contributed by atoms with Crippen LogP contribution in [0.2, 0.25) is 0 Å². The van der Waals surface area contributed by atoms with E-state index in [2.05, 4.69) is 9.69 Å². The molecule has 1 heterocycles. The Balaban J connectivity index is 1.84. The number of amides is 3. The lowest BCUT2D eigenvalue weighted by molar-refractivity contribution is -0.123. The average Bonchev–Trinajstić information content (AvgIpc) is 3.52. The van der Waals surface area contributed by atoms with Gasteiger partial charge in [-0.25, -0.2) is 0 Å². The van der Waals surface area contributed by atoms with E-state index in [4.69, 9.17) is 16.2 Å². The van der Waals surface area contributed by atoms with Gasteiger partial charge in [0.2, 0.25) is 5.91 Å². The molecule has 0 radical (unpaired) electrons. The van der Waals surface area contributed by atoms with Gasteiger partial charge in [0.25, 0.3) is 11.8 Å². The van der Waals surface area contributed by atoms with Crippen LogP contribution in [-0.4, -0.2) is 34.7 Å². The maximum absolute atomic E-state index is 14.1. The van der Waals surface area contributed by atoms with E-state index in [0.29, 0.717) is 23.6 Å². The van der Waals surface area contributed by atoms with Crippen molar-refractivity contribution in [2.24, 2.45) is 5.73 Å². The van der Waals surface area contributed by atoms with E-state index >= 15 is 0 Å². The van der Waals surface area contributed by atoms with Crippen molar-refractivity contribution < 1.29 is 19.1 Å². The second kappa shape index (κ2) is 11.4. The van der Waals surface area contributed by atoms with Crippen molar-refractivity contribution in [3.8, 4) is 5.75 Å². The van der Waals surface area contributed by atoms with Crippen molar-refractivity contribution >= 4 is 40.6 Å². The zero-order valence-electron chi connectivity index (χ0n) is 20.9. The van der Waals surface area contributed by atoms with Crippen LogP contribution in [0.4, 0.5) is 11.4 Å². The molecular weight excluding hydrogens is 490 g/mol. The molecule has 0 spiro atoms. The Morgan fingerprint density at radius 1 is 1.16 bits per heavy atom. The Morgan fingerprint density at radius 2 is 1.86 bits per heavy atom. The lowest BCUT2D eigenvalue weighted by Crippen LogP contribution is -2.46. The van der Waals surface area contributed by atoms with Crippen molar-refractivity contribution in [3.05, 3.63) is 70.2 Å². The van der Waals surface area contributed by atoms with E-state index in [1.54, 1.807) is 30.3 Å². The summed E-state index contributed by atoms with van der Waals surface area (Å²) in [6.07, 6.45) is 3.88. The third-order valence-electron chi connectivity index (χ3n) is 6.37. The van der Waals surface area contributed by atoms with Gasteiger partial charge < -0.3 is 21.5 Å². The smallest absolute Gasteiger partial charge is 0.273 e. The molecule has 1 aromatic heterocycles. The van der Waals surface area contributed by atoms with Gasteiger partial charge in [0.15, 0.2) is 5.69 Å². The third-order valence-corrected chi connectivity index (χ3v) is 7.22. The summed E-state index contributed by atoms with van der Waals surface area (Å²) in [5.41, 5.74) is 13.3. The maximum Gasteiger partial charge on any atom is 0.273 e. The highest BCUT2D eigenvalue weighted by atomic mass is 32.1. The first-order chi connectivity index (χ1) is 17.8. The first kappa shape index (κ1) is 26.2. The summed E-state index contributed by atoms with van der Waals surface area (Å²) < 4.78 is 9.58. The van der Waals surface area contributed by atoms with Gasteiger partial charge in [0.1, 0.15) is 16.7 Å². The number of aromatic nitrogens is 1. The molecule has 3 amide bonds. The normalized spacial score (nSPS) is 14.2. The summed E-state index contributed by atoms with van der Waals surface area (Å²) >= 11 is 0.787. The van der Waals surface area contributed by atoms with Crippen LogP contribution in [0.3, 0.4) is 0 Å². The molecule has 1 fully saturated rings. The number of nitrogens with zero attached hydrogens (tertiary/aromatic N) is 2. The monoisotopic (exact) mass is 521 g/mol. The minimum absolute atomic E-state index is 0.0416. The predicted octanol–water partition coefficient (Wildman–Crippen LogP) is 3.98. The van der Waals surface area contributed by atoms with E-state index in [1.165, 1.54) is 4.90 Å². The number of nitrogen functional groups attached to an aromatic ring is 1. The van der Waals surface area contributed by atoms with E-state index in [1.807, 2.05) is 32.0 Å². The summed E-state index contributed by atoms with van der Waals surface area (Å²) in [5.74, 6) is -1.01. The zero-order valence-corrected chi connectivity index (χ0v) is 21.7. The molecule has 1 atom stereocenters. The van der Waals surface area contributed by atoms with Crippen LogP contribution in [0.5, 0.6) is 5.75 Å². The molecule has 1 aliphatic carbocycles. The first-order valence-corrected chi connectivity index (χ1v) is 13.1. The van der Waals surface area contributed by atoms with E-state index < -0.39 is 17.9 Å². The van der Waals surface area contributed by atoms with Crippen LogP contribution < -0.4 is 26.4 Å². The van der Waals surface area contributed by atoms with E-state index in [0.717, 1.165) is 42.8 Å². The summed E-state index contributed by atoms with van der Waals surface area (Å²) in [6.45, 7) is 4.30. The Hall–Kier alpha value is -3.92. The molecule has 1 aliphatic rings. The SMILES string of the molecule is CCOc1ccc(C(C(=O)NC2CCCC2)N(C(=O)c2snc(C(N)=O)c2N)c2cccc(C)c2)cc1. The molecule has 0 aliphatic heterocycles. The number of carbonyl (C=O) groups is 3. The van der Waals surface area contributed by atoms with Crippen LogP contribution in [0.15, 0.2) is 48.5 Å². The van der Waals surface area contributed by atoms with Gasteiger partial charge in [-0.05, 0) is 73.6 Å². The Labute approximate surface area is 220 Å². The van der Waals surface area contributed by atoms with Gasteiger partial charge in [-0.1, -0.05) is 37.1 Å². The van der Waals surface area contributed by atoms with Gasteiger partial charge in [0.05, 0.1) is 12.3 Å². The van der Waals surface area contributed by atoms with Crippen molar-refractivity contribution in [1.29, 1.82) is 0 Å². The fourth-order valence-electron chi connectivity index (χ4n) is 4.58. The molecule has 9 nitrogen and oxygen atoms in total. The standard InChI is InChI=1S/C27H31N5O4S/c1-3-36-20-13-11-17(12-14-20)23(26(34)30-18-8-4-5-9-18)32(19-10-6-7-16(2)15-19)27(35)24-21(28)22(25(29)33)31-37-24/h6-7,10-15,18,23H,3-5,8-9,28H2,1-2H3,(H2,29,33)(H,30,34). The van der Waals surface area contributed by atoms with Gasteiger partial charge in [-0.3, -0.25) is 19.3 Å². The van der Waals surface area contributed by atoms with Crippen molar-refractivity contribution in [1.82, 2.24) is 9.69 Å². The fourth-order valence-corrected chi connectivity index (χ4v) is 5.32. The molecule has 10 heteroatoms. The highest BCUT2D eigenvalue weighted by Gasteiger charge is 2.37. The number of ether oxygens (including phenoxy) is 1. The lowest BCUT2D eigenvalue weighted by atomic mass is 10.0. The molecule has 2 aromatic carbocycles. The average molecular weight is 522 g/mol. The second-order valence-corrected chi connectivity index (χ2v) is 9.82. The Kier molecular flexibility index (Phi) is 8.08. The zero-order chi connectivity index (χ0) is 26.5. The number of rotatable bonds is 9. The third kappa shape index (κ3) is 5.75. The summed E-state index contributed by atoms with van der Waals surface area (Å²) in [4.78, 5) is 41.2. The minimum atomic E-state index is -1.01. The fraction of sp³-hybridized carbons (Fsp3) is 0.333. The number of hydrogen-bond acceptors (Lipinski definition) is 7. The van der Waals surface area contributed by atoms with Crippen LogP contribution in [0, 0.1) is 6.92 Å². The molecule has 4 rings (SSSR count). The van der Waals surface area contributed by atoms with Crippen molar-refractivity contribution in [2.75, 3.05) is 17.2 Å². The van der Waals surface area contributed by atoms with Crippen LogP contribution in [0.25, 0.3) is 0 Å². The minimum Gasteiger partial charge on any atom is -0.494 e.